The fourth-order valence-corrected chi connectivity index (χ4v) is 1.75. The van der Waals surface area contributed by atoms with Gasteiger partial charge in [-0.1, -0.05) is 6.92 Å². The fraction of sp³-hybridized carbons (Fsp3) is 0.231. The monoisotopic (exact) mass is 250 g/mol. The van der Waals surface area contributed by atoms with E-state index in [0.717, 1.165) is 24.0 Å². The maximum atomic E-state index is 13.4. The summed E-state index contributed by atoms with van der Waals surface area (Å²) in [4.78, 5) is 16.0. The summed E-state index contributed by atoms with van der Waals surface area (Å²) in [7, 11) is 0. The van der Waals surface area contributed by atoms with Crippen LogP contribution in [0, 0.1) is 11.6 Å². The molecule has 18 heavy (non-hydrogen) atoms. The molecule has 0 N–H and O–H groups in total. The highest BCUT2D eigenvalue weighted by molar-refractivity contribution is 5.96. The van der Waals surface area contributed by atoms with Gasteiger partial charge in [-0.2, -0.15) is 0 Å². The number of carbonyl (C=O) groups is 1. The molecule has 0 unspecified atom stereocenters. The Kier molecular flexibility index (Phi) is 3.50. The first-order chi connectivity index (χ1) is 8.61. The van der Waals surface area contributed by atoms with E-state index in [-0.39, 0.29) is 12.1 Å². The third kappa shape index (κ3) is 2.45. The van der Waals surface area contributed by atoms with Gasteiger partial charge in [-0.15, -0.1) is 0 Å². The number of nitrogens with zero attached hydrogens (tertiary/aromatic N) is 2. The van der Waals surface area contributed by atoms with Crippen LogP contribution in [0.1, 0.15) is 23.1 Å². The predicted molar refractivity (Wildman–Crippen MR) is 62.3 cm³/mol. The van der Waals surface area contributed by atoms with Crippen LogP contribution in [-0.2, 0) is 13.0 Å². The third-order valence-electron chi connectivity index (χ3n) is 2.66. The molecule has 3 nitrogen and oxygen atoms in total. The maximum Gasteiger partial charge on any atom is 0.185 e. The molecule has 0 aliphatic rings. The van der Waals surface area contributed by atoms with Gasteiger partial charge in [-0.25, -0.2) is 13.8 Å². The van der Waals surface area contributed by atoms with Gasteiger partial charge in [0.2, 0.25) is 0 Å². The lowest BCUT2D eigenvalue weighted by atomic mass is 10.1. The number of hydrogen-bond acceptors (Lipinski definition) is 2. The average molecular weight is 250 g/mol. The predicted octanol–water partition coefficient (Wildman–Crippen LogP) is 2.61. The summed E-state index contributed by atoms with van der Waals surface area (Å²) in [5, 5.41) is 0. The maximum absolute atomic E-state index is 13.4. The molecule has 0 saturated carbocycles. The lowest BCUT2D eigenvalue weighted by Crippen LogP contribution is -2.13. The summed E-state index contributed by atoms with van der Waals surface area (Å²) in [5.41, 5.74) is -0.231. The van der Waals surface area contributed by atoms with Crippen LogP contribution in [0.25, 0.3) is 0 Å². The van der Waals surface area contributed by atoms with Crippen molar-refractivity contribution in [3.63, 3.8) is 0 Å². The first-order valence-corrected chi connectivity index (χ1v) is 5.60. The van der Waals surface area contributed by atoms with Crippen LogP contribution < -0.4 is 0 Å². The molecule has 1 aromatic carbocycles. The molecule has 0 radical (unpaired) electrons. The highest BCUT2D eigenvalue weighted by Gasteiger charge is 2.14. The first kappa shape index (κ1) is 12.4. The van der Waals surface area contributed by atoms with Crippen molar-refractivity contribution in [2.75, 3.05) is 0 Å². The van der Waals surface area contributed by atoms with E-state index in [9.17, 15) is 13.6 Å². The fourth-order valence-electron chi connectivity index (χ4n) is 1.75. The number of aromatic nitrogens is 2. The van der Waals surface area contributed by atoms with Gasteiger partial charge in [-0.05, 0) is 18.2 Å². The van der Waals surface area contributed by atoms with Gasteiger partial charge in [-0.3, -0.25) is 4.79 Å². The standard InChI is InChI=1S/C13H12F2N2O/c1-2-13-16-5-6-17(13)8-12(18)10-7-9(14)3-4-11(10)15/h3-7H,2,8H2,1H3. The van der Waals surface area contributed by atoms with E-state index >= 15 is 0 Å². The molecular formula is C13H12F2N2O. The molecule has 2 aromatic rings. The minimum Gasteiger partial charge on any atom is -0.327 e. The molecule has 5 heteroatoms. The van der Waals surface area contributed by atoms with Crippen molar-refractivity contribution < 1.29 is 13.6 Å². The summed E-state index contributed by atoms with van der Waals surface area (Å²) >= 11 is 0. The van der Waals surface area contributed by atoms with Crippen LogP contribution in [0.15, 0.2) is 30.6 Å². The van der Waals surface area contributed by atoms with E-state index in [1.807, 2.05) is 6.92 Å². The number of hydrogen-bond donors (Lipinski definition) is 0. The van der Waals surface area contributed by atoms with Crippen LogP contribution >= 0.6 is 0 Å². The SMILES string of the molecule is CCc1nccn1CC(=O)c1cc(F)ccc1F. The van der Waals surface area contributed by atoms with Crippen LogP contribution in [0.2, 0.25) is 0 Å². The summed E-state index contributed by atoms with van der Waals surface area (Å²) in [6, 6.07) is 2.86. The number of Topliss-reactive ketones (excluding diaryl/α,β-unsaturated/α-hetero) is 1. The molecule has 0 atom stereocenters. The molecule has 2 rings (SSSR count). The topological polar surface area (TPSA) is 34.9 Å². The first-order valence-electron chi connectivity index (χ1n) is 5.60. The number of imidazole rings is 1. The largest absolute Gasteiger partial charge is 0.327 e. The van der Waals surface area contributed by atoms with Crippen molar-refractivity contribution in [2.45, 2.75) is 19.9 Å². The van der Waals surface area contributed by atoms with Gasteiger partial charge < -0.3 is 4.57 Å². The van der Waals surface area contributed by atoms with Crippen molar-refractivity contribution in [1.29, 1.82) is 0 Å². The zero-order valence-electron chi connectivity index (χ0n) is 9.86. The smallest absolute Gasteiger partial charge is 0.185 e. The van der Waals surface area contributed by atoms with Crippen molar-refractivity contribution in [1.82, 2.24) is 9.55 Å². The summed E-state index contributed by atoms with van der Waals surface area (Å²) in [6.07, 6.45) is 3.90. The molecule has 0 aliphatic heterocycles. The number of halogens is 2. The molecule has 0 spiro atoms. The van der Waals surface area contributed by atoms with Gasteiger partial charge in [0.1, 0.15) is 17.5 Å². The Morgan fingerprint density at radius 3 is 2.89 bits per heavy atom. The molecule has 0 aliphatic carbocycles. The molecule has 1 heterocycles. The van der Waals surface area contributed by atoms with Gasteiger partial charge >= 0.3 is 0 Å². The summed E-state index contributed by atoms with van der Waals surface area (Å²) in [5.74, 6) is -1.07. The molecule has 0 amide bonds. The molecule has 0 bridgehead atoms. The minimum atomic E-state index is -0.709. The molecule has 0 saturated heterocycles. The van der Waals surface area contributed by atoms with Crippen LogP contribution in [0.4, 0.5) is 8.78 Å². The second kappa shape index (κ2) is 5.08. The van der Waals surface area contributed by atoms with Crippen molar-refractivity contribution in [2.24, 2.45) is 0 Å². The van der Waals surface area contributed by atoms with E-state index in [4.69, 9.17) is 0 Å². The second-order valence-electron chi connectivity index (χ2n) is 3.87. The van der Waals surface area contributed by atoms with Crippen molar-refractivity contribution in [3.05, 3.63) is 53.6 Å². The van der Waals surface area contributed by atoms with Crippen LogP contribution in [0.5, 0.6) is 0 Å². The van der Waals surface area contributed by atoms with Crippen LogP contribution in [-0.4, -0.2) is 15.3 Å². The quantitative estimate of drug-likeness (QED) is 0.782. The minimum absolute atomic E-state index is 0.0381. The zero-order valence-corrected chi connectivity index (χ0v) is 9.86. The second-order valence-corrected chi connectivity index (χ2v) is 3.87. The Labute approximate surface area is 103 Å². The normalized spacial score (nSPS) is 10.6. The van der Waals surface area contributed by atoms with Gasteiger partial charge in [0.05, 0.1) is 12.1 Å². The van der Waals surface area contributed by atoms with E-state index in [1.165, 1.54) is 0 Å². The lowest BCUT2D eigenvalue weighted by molar-refractivity contribution is 0.0966. The van der Waals surface area contributed by atoms with Gasteiger partial charge in [0.25, 0.3) is 0 Å². The van der Waals surface area contributed by atoms with Crippen molar-refractivity contribution >= 4 is 5.78 Å². The highest BCUT2D eigenvalue weighted by atomic mass is 19.1. The van der Waals surface area contributed by atoms with Crippen molar-refractivity contribution in [3.8, 4) is 0 Å². The Hall–Kier alpha value is -2.04. The number of benzene rings is 1. The third-order valence-corrected chi connectivity index (χ3v) is 2.66. The molecule has 0 fully saturated rings. The van der Waals surface area contributed by atoms with E-state index < -0.39 is 17.4 Å². The van der Waals surface area contributed by atoms with Gasteiger partial charge in [0.15, 0.2) is 5.78 Å². The summed E-state index contributed by atoms with van der Waals surface area (Å²) < 4.78 is 28.0. The Bertz CT molecular complexity index is 578. The number of carbonyl (C=O) groups excluding carboxylic acids is 1. The Morgan fingerprint density at radius 2 is 2.17 bits per heavy atom. The van der Waals surface area contributed by atoms with E-state index in [2.05, 4.69) is 4.98 Å². The molecule has 1 aromatic heterocycles. The highest BCUT2D eigenvalue weighted by Crippen LogP contribution is 2.12. The van der Waals surface area contributed by atoms with E-state index in [1.54, 1.807) is 17.0 Å². The number of ketones is 1. The average Bonchev–Trinajstić information content (AvgIpc) is 2.79. The Balaban J connectivity index is 2.25. The Morgan fingerprint density at radius 1 is 1.39 bits per heavy atom. The number of rotatable bonds is 4. The molecule has 94 valence electrons. The summed E-state index contributed by atoms with van der Waals surface area (Å²) in [6.45, 7) is 1.87. The van der Waals surface area contributed by atoms with E-state index in [0.29, 0.717) is 6.42 Å². The number of aryl methyl sites for hydroxylation is 1. The van der Waals surface area contributed by atoms with Gasteiger partial charge in [0, 0.05) is 18.8 Å². The zero-order chi connectivity index (χ0) is 13.1. The molecular weight excluding hydrogens is 238 g/mol. The van der Waals surface area contributed by atoms with Crippen LogP contribution in [0.3, 0.4) is 0 Å². The lowest BCUT2D eigenvalue weighted by Gasteiger charge is -2.06.